The van der Waals surface area contributed by atoms with E-state index in [1.807, 2.05) is 0 Å². The fourth-order valence-corrected chi connectivity index (χ4v) is 22.3. The number of para-hydroxylation sites is 4. The van der Waals surface area contributed by atoms with E-state index in [4.69, 9.17) is 0 Å². The summed E-state index contributed by atoms with van der Waals surface area (Å²) in [5.41, 5.74) is 53.4. The van der Waals surface area contributed by atoms with Gasteiger partial charge < -0.3 is 24.2 Å². The maximum atomic E-state index is 2.75. The summed E-state index contributed by atoms with van der Waals surface area (Å²) in [6.07, 6.45) is 0. The minimum Gasteiger partial charge on any atom is -0.311 e. The molecule has 125 heavy (non-hydrogen) atoms. The Labute approximate surface area is 733 Å². The number of hydrogen-bond donors (Lipinski definition) is 0. The zero-order valence-corrected chi connectivity index (χ0v) is 72.1. The van der Waals surface area contributed by atoms with Gasteiger partial charge in [0.2, 0.25) is 0 Å². The van der Waals surface area contributed by atoms with Crippen LogP contribution in [-0.2, 0) is 0 Å². The third-order valence-electron chi connectivity index (χ3n) is 27.6. The average molecular weight is 1600 g/mol. The van der Waals surface area contributed by atoms with Gasteiger partial charge in [-0.05, 0) is 328 Å². The maximum absolute atomic E-state index is 2.75. The van der Waals surface area contributed by atoms with Crippen LogP contribution in [0.5, 0.6) is 0 Å². The van der Waals surface area contributed by atoms with Gasteiger partial charge in [-0.25, -0.2) is 0 Å². The first-order valence-corrected chi connectivity index (χ1v) is 44.0. The molecule has 18 aromatic carbocycles. The van der Waals surface area contributed by atoms with E-state index < -0.39 is 0 Å². The van der Waals surface area contributed by atoms with E-state index in [1.54, 1.807) is 0 Å². The molecule has 19 aromatic rings. The van der Waals surface area contributed by atoms with Gasteiger partial charge in [0, 0.05) is 84.5 Å². The average Bonchev–Trinajstić information content (AvgIpc) is 1.02. The van der Waals surface area contributed by atoms with E-state index in [-0.39, 0.29) is 13.4 Å². The standard InChI is InChI=1S/C118H91B2N5/c1-72-31-25-32-73(2)111(72)84-53-58-91(59-54-84)122-104-62-57-87(114-78(7)37-28-38-79(114)8)65-98(104)120-99-70-100-106(71-105(99)123(90-47-21-14-22-48-90)108-67-88(66-107(122)116(108)120)115-80(9)39-29-40-81(115)10)125(118-93(82-41-15-11-16-42-82)49-30-50-94(118)83-43-17-12-18-44-83)110-69-92(68-109-117(110)119(100)97-51-23-24-52-103(97)121(109)89-45-19-13-20-46-89)124-101-60-55-85(112-74(3)33-26-34-75(112)4)63-95(101)96-64-86(56-61-102(96)124)113-76(5)35-27-36-77(113)6/h11-71H,1-10H3. The summed E-state index contributed by atoms with van der Waals surface area (Å²) < 4.78 is 2.60. The number of fused-ring (bicyclic) bond motifs is 11. The highest BCUT2D eigenvalue weighted by atomic mass is 15.2. The SMILES string of the molecule is Cc1cccc(C)c1-c1ccc(N2c3ccc(-c4c(C)cccc4C)cc3B3c4cc5c(cc4N(c4ccccc4)c4cc(-c6c(C)cccc6C)cc2c43)N(c2c(-c3ccccc3)cccc2-c2ccccc2)c2cc(-n3c4ccc(-c6c(C)cccc6C)cc4c4cc(-c6c(C)cccc6C)ccc43)cc3c2B5c2ccccc2N3c2ccccc2)cc1. The highest BCUT2D eigenvalue weighted by molar-refractivity contribution is 7.03. The molecule has 0 atom stereocenters. The third-order valence-corrected chi connectivity index (χ3v) is 27.6. The molecule has 23 rings (SSSR count). The van der Waals surface area contributed by atoms with Crippen LogP contribution in [0.4, 0.5) is 68.2 Å². The molecular weight excluding hydrogens is 1510 g/mol. The van der Waals surface area contributed by atoms with Crippen molar-refractivity contribution >= 4 is 136 Å². The second-order valence-corrected chi connectivity index (χ2v) is 35.1. The van der Waals surface area contributed by atoms with Crippen molar-refractivity contribution in [3.05, 3.63) is 426 Å². The van der Waals surface area contributed by atoms with Crippen LogP contribution in [0.3, 0.4) is 0 Å². The lowest BCUT2D eigenvalue weighted by Crippen LogP contribution is -2.65. The van der Waals surface area contributed by atoms with Crippen LogP contribution in [-0.4, -0.2) is 18.0 Å². The monoisotopic (exact) mass is 1600 g/mol. The molecule has 0 N–H and O–H groups in total. The van der Waals surface area contributed by atoms with Gasteiger partial charge in [0.15, 0.2) is 0 Å². The molecule has 7 heteroatoms. The smallest absolute Gasteiger partial charge is 0.252 e. The summed E-state index contributed by atoms with van der Waals surface area (Å²) in [7, 11) is 0. The van der Waals surface area contributed by atoms with E-state index in [2.05, 4.69) is 463 Å². The van der Waals surface area contributed by atoms with Gasteiger partial charge >= 0.3 is 0 Å². The van der Waals surface area contributed by atoms with Crippen LogP contribution in [0, 0.1) is 69.2 Å². The van der Waals surface area contributed by atoms with Crippen molar-refractivity contribution in [2.24, 2.45) is 0 Å². The fourth-order valence-electron chi connectivity index (χ4n) is 22.3. The van der Waals surface area contributed by atoms with Crippen molar-refractivity contribution < 1.29 is 0 Å². The molecule has 0 bridgehead atoms. The van der Waals surface area contributed by atoms with E-state index in [0.29, 0.717) is 0 Å². The lowest BCUT2D eigenvalue weighted by Gasteiger charge is -2.48. The highest BCUT2D eigenvalue weighted by Crippen LogP contribution is 2.55. The van der Waals surface area contributed by atoms with Crippen LogP contribution in [0.2, 0.25) is 0 Å². The quantitative estimate of drug-likeness (QED) is 0.113. The number of nitrogens with zero attached hydrogens (tertiary/aromatic N) is 5. The predicted octanol–water partition coefficient (Wildman–Crippen LogP) is 27.7. The van der Waals surface area contributed by atoms with Crippen molar-refractivity contribution in [3.63, 3.8) is 0 Å². The minimum atomic E-state index is -0.294. The van der Waals surface area contributed by atoms with E-state index in [9.17, 15) is 0 Å². The van der Waals surface area contributed by atoms with Crippen molar-refractivity contribution in [1.29, 1.82) is 0 Å². The Morgan fingerprint density at radius 3 is 0.976 bits per heavy atom. The van der Waals surface area contributed by atoms with E-state index >= 15 is 0 Å². The molecule has 0 amide bonds. The number of benzene rings is 18. The van der Waals surface area contributed by atoms with Crippen molar-refractivity contribution in [3.8, 4) is 83.6 Å². The van der Waals surface area contributed by atoms with Gasteiger partial charge in [0.05, 0.1) is 22.4 Å². The van der Waals surface area contributed by atoms with Crippen molar-refractivity contribution in [2.45, 2.75) is 69.2 Å². The Hall–Kier alpha value is -14.9. The maximum Gasteiger partial charge on any atom is 0.252 e. The lowest BCUT2D eigenvalue weighted by atomic mass is 9.30. The topological polar surface area (TPSA) is 17.9 Å². The number of anilines is 12. The van der Waals surface area contributed by atoms with Gasteiger partial charge in [-0.2, -0.15) is 0 Å². The molecule has 5 heterocycles. The van der Waals surface area contributed by atoms with Gasteiger partial charge in [0.1, 0.15) is 0 Å². The molecule has 0 radical (unpaired) electrons. The first-order chi connectivity index (χ1) is 61.2. The summed E-state index contributed by atoms with van der Waals surface area (Å²) in [5.74, 6) is 0. The molecule has 0 saturated carbocycles. The second-order valence-electron chi connectivity index (χ2n) is 35.1. The first-order valence-electron chi connectivity index (χ1n) is 44.0. The molecule has 1 aromatic heterocycles. The molecule has 0 spiro atoms. The van der Waals surface area contributed by atoms with Crippen LogP contribution in [0.1, 0.15) is 55.6 Å². The highest BCUT2D eigenvalue weighted by Gasteiger charge is 2.50. The Bertz CT molecular complexity index is 7410. The second kappa shape index (κ2) is 29.4. The van der Waals surface area contributed by atoms with Crippen LogP contribution in [0.25, 0.3) is 105 Å². The van der Waals surface area contributed by atoms with E-state index in [0.717, 1.165) is 113 Å². The Morgan fingerprint density at radius 1 is 0.184 bits per heavy atom. The van der Waals surface area contributed by atoms with Crippen molar-refractivity contribution in [1.82, 2.24) is 4.57 Å². The number of aryl methyl sites for hydroxylation is 10. The van der Waals surface area contributed by atoms with Crippen LogP contribution >= 0.6 is 0 Å². The summed E-state index contributed by atoms with van der Waals surface area (Å²) >= 11 is 0. The predicted molar refractivity (Wildman–Crippen MR) is 534 cm³/mol. The zero-order chi connectivity index (χ0) is 84.3. The summed E-state index contributed by atoms with van der Waals surface area (Å²) in [6, 6.07) is 142. The molecule has 0 fully saturated rings. The van der Waals surface area contributed by atoms with E-state index in [1.165, 1.54) is 149 Å². The van der Waals surface area contributed by atoms with Crippen LogP contribution in [0.15, 0.2) is 370 Å². The molecule has 4 aliphatic heterocycles. The number of hydrogen-bond acceptors (Lipinski definition) is 4. The molecule has 0 aliphatic carbocycles. The van der Waals surface area contributed by atoms with Gasteiger partial charge in [-0.15, -0.1) is 0 Å². The van der Waals surface area contributed by atoms with Gasteiger partial charge in [-0.3, -0.25) is 0 Å². The van der Waals surface area contributed by atoms with Gasteiger partial charge in [-0.1, -0.05) is 267 Å². The van der Waals surface area contributed by atoms with Crippen molar-refractivity contribution in [2.75, 3.05) is 19.6 Å². The Kier molecular flexibility index (Phi) is 17.7. The minimum absolute atomic E-state index is 0.287. The summed E-state index contributed by atoms with van der Waals surface area (Å²) in [5, 5.41) is 2.39. The Morgan fingerprint density at radius 2 is 0.512 bits per heavy atom. The number of aromatic nitrogens is 1. The fraction of sp³-hybridized carbons (Fsp3) is 0.0847. The van der Waals surface area contributed by atoms with Crippen LogP contribution < -0.4 is 52.4 Å². The third kappa shape index (κ3) is 11.8. The molecule has 0 unspecified atom stereocenters. The zero-order valence-electron chi connectivity index (χ0n) is 72.1. The summed E-state index contributed by atoms with van der Waals surface area (Å²) in [4.78, 5) is 10.6. The number of rotatable bonds is 12. The Balaban J connectivity index is 0.873. The lowest BCUT2D eigenvalue weighted by molar-refractivity contribution is 1.16. The molecule has 4 aliphatic rings. The molecule has 5 nitrogen and oxygen atoms in total. The molecule has 594 valence electrons. The molecule has 0 saturated heterocycles. The largest absolute Gasteiger partial charge is 0.311 e. The molecular formula is C118H91B2N5. The van der Waals surface area contributed by atoms with Gasteiger partial charge in [0.25, 0.3) is 13.4 Å². The summed E-state index contributed by atoms with van der Waals surface area (Å²) in [6.45, 7) is 22.1. The normalized spacial score (nSPS) is 12.8. The first kappa shape index (κ1) is 75.1.